The van der Waals surface area contributed by atoms with Crippen LogP contribution in [0.2, 0.25) is 0 Å². The van der Waals surface area contributed by atoms with Gasteiger partial charge in [-0.2, -0.15) is 10.1 Å². The lowest BCUT2D eigenvalue weighted by Crippen LogP contribution is -2.26. The number of aromatic amines is 1. The van der Waals surface area contributed by atoms with Crippen LogP contribution in [0.1, 0.15) is 11.5 Å². The van der Waals surface area contributed by atoms with Crippen LogP contribution in [-0.4, -0.2) is 35.3 Å². The number of hydrogen-bond acceptors (Lipinski definition) is 6. The summed E-state index contributed by atoms with van der Waals surface area (Å²) in [5.41, 5.74) is 0.497. The number of hydrogen-bond donors (Lipinski definition) is 2. The molecule has 0 aliphatic carbocycles. The van der Waals surface area contributed by atoms with E-state index in [1.165, 1.54) is 12.6 Å². The Hall–Kier alpha value is -1.74. The van der Waals surface area contributed by atoms with Gasteiger partial charge in [-0.3, -0.25) is 5.10 Å². The Labute approximate surface area is 97.5 Å². The van der Waals surface area contributed by atoms with Crippen LogP contribution in [0.15, 0.2) is 22.0 Å². The lowest BCUT2D eigenvalue weighted by molar-refractivity contribution is 0.410. The first-order valence-corrected chi connectivity index (χ1v) is 6.33. The fraction of sp³-hybridized carbons (Fsp3) is 0.375. The fourth-order valence-electron chi connectivity index (χ4n) is 1.29. The molecule has 0 bridgehead atoms. The van der Waals surface area contributed by atoms with Gasteiger partial charge in [0, 0.05) is 13.0 Å². The summed E-state index contributed by atoms with van der Waals surface area (Å²) in [5.74, 6) is 0.455. The Bertz CT molecular complexity index is 574. The summed E-state index contributed by atoms with van der Waals surface area (Å²) in [6.45, 7) is 1.84. The van der Waals surface area contributed by atoms with Gasteiger partial charge in [0.25, 0.3) is 0 Å². The predicted molar refractivity (Wildman–Crippen MR) is 56.5 cm³/mol. The van der Waals surface area contributed by atoms with Gasteiger partial charge in [-0.15, -0.1) is 0 Å². The van der Waals surface area contributed by atoms with Crippen molar-refractivity contribution in [3.8, 4) is 0 Å². The van der Waals surface area contributed by atoms with Crippen LogP contribution in [0, 0.1) is 6.92 Å². The maximum Gasteiger partial charge on any atom is 0.243 e. The van der Waals surface area contributed by atoms with E-state index in [1.807, 2.05) is 0 Å². The van der Waals surface area contributed by atoms with E-state index in [1.54, 1.807) is 6.92 Å². The maximum absolute atomic E-state index is 11.8. The average molecular weight is 257 g/mol. The van der Waals surface area contributed by atoms with Gasteiger partial charge in [0.2, 0.25) is 16.4 Å². The Kier molecular flexibility index (Phi) is 3.20. The van der Waals surface area contributed by atoms with Crippen LogP contribution < -0.4 is 4.72 Å². The van der Waals surface area contributed by atoms with Gasteiger partial charge in [0.15, 0.2) is 5.82 Å². The van der Waals surface area contributed by atoms with Gasteiger partial charge in [0.05, 0.1) is 11.9 Å². The summed E-state index contributed by atoms with van der Waals surface area (Å²) < 4.78 is 30.6. The zero-order valence-electron chi connectivity index (χ0n) is 9.04. The summed E-state index contributed by atoms with van der Waals surface area (Å²) in [4.78, 5) is 3.93. The Morgan fingerprint density at radius 1 is 1.53 bits per heavy atom. The number of aryl methyl sites for hydroxylation is 1. The van der Waals surface area contributed by atoms with Gasteiger partial charge in [-0.25, -0.2) is 13.1 Å². The third-order valence-corrected chi connectivity index (χ3v) is 3.70. The molecule has 2 heterocycles. The monoisotopic (exact) mass is 257 g/mol. The molecule has 0 aliphatic rings. The van der Waals surface area contributed by atoms with Gasteiger partial charge in [-0.05, 0) is 6.92 Å². The number of H-pyrrole nitrogens is 1. The lowest BCUT2D eigenvalue weighted by Gasteiger charge is -2.03. The van der Waals surface area contributed by atoms with Gasteiger partial charge < -0.3 is 4.52 Å². The topological polar surface area (TPSA) is 114 Å². The van der Waals surface area contributed by atoms with E-state index in [0.717, 1.165) is 0 Å². The molecule has 0 unspecified atom stereocenters. The summed E-state index contributed by atoms with van der Waals surface area (Å²) >= 11 is 0. The first-order chi connectivity index (χ1) is 8.09. The smallest absolute Gasteiger partial charge is 0.243 e. The highest BCUT2D eigenvalue weighted by Gasteiger charge is 2.17. The molecular formula is C8H11N5O3S. The van der Waals surface area contributed by atoms with Crippen molar-refractivity contribution in [3.05, 3.63) is 24.1 Å². The SMILES string of the molecule is Cc1[nH]ncc1S(=O)(=O)NCCc1ncon1. The highest BCUT2D eigenvalue weighted by molar-refractivity contribution is 7.89. The summed E-state index contributed by atoms with van der Waals surface area (Å²) in [5, 5.41) is 9.81. The molecule has 2 rings (SSSR count). The molecule has 9 heteroatoms. The van der Waals surface area contributed by atoms with Crippen LogP contribution in [0.3, 0.4) is 0 Å². The van der Waals surface area contributed by atoms with Gasteiger partial charge >= 0.3 is 0 Å². The first kappa shape index (κ1) is 11.7. The maximum atomic E-state index is 11.8. The molecule has 0 radical (unpaired) electrons. The molecule has 0 saturated carbocycles. The molecule has 2 N–H and O–H groups in total. The molecule has 17 heavy (non-hydrogen) atoms. The van der Waals surface area contributed by atoms with Crippen molar-refractivity contribution in [3.63, 3.8) is 0 Å². The zero-order chi connectivity index (χ0) is 12.3. The van der Waals surface area contributed by atoms with Gasteiger partial charge in [0.1, 0.15) is 4.90 Å². The minimum Gasteiger partial charge on any atom is -0.343 e. The second kappa shape index (κ2) is 4.63. The van der Waals surface area contributed by atoms with Crippen LogP contribution in [0.25, 0.3) is 0 Å². The summed E-state index contributed by atoms with van der Waals surface area (Å²) in [6, 6.07) is 0. The largest absolute Gasteiger partial charge is 0.343 e. The number of nitrogens with zero attached hydrogens (tertiary/aromatic N) is 3. The van der Waals surface area contributed by atoms with E-state index >= 15 is 0 Å². The molecule has 92 valence electrons. The Morgan fingerprint density at radius 3 is 2.94 bits per heavy atom. The minimum atomic E-state index is -3.53. The molecule has 2 aromatic rings. The molecule has 0 atom stereocenters. The van der Waals surface area contributed by atoms with Crippen LogP contribution in [0.4, 0.5) is 0 Å². The predicted octanol–water partition coefficient (Wildman–Crippen LogP) is -0.378. The van der Waals surface area contributed by atoms with E-state index in [-0.39, 0.29) is 11.4 Å². The zero-order valence-corrected chi connectivity index (χ0v) is 9.86. The molecule has 0 spiro atoms. The van der Waals surface area contributed by atoms with Crippen molar-refractivity contribution in [2.75, 3.05) is 6.54 Å². The molecule has 0 aromatic carbocycles. The second-order valence-electron chi connectivity index (χ2n) is 3.35. The van der Waals surface area contributed by atoms with Crippen molar-refractivity contribution >= 4 is 10.0 Å². The number of rotatable bonds is 5. The second-order valence-corrected chi connectivity index (χ2v) is 5.09. The normalized spacial score (nSPS) is 11.8. The van der Waals surface area contributed by atoms with Crippen LogP contribution >= 0.6 is 0 Å². The Balaban J connectivity index is 1.97. The Morgan fingerprint density at radius 2 is 2.35 bits per heavy atom. The third-order valence-electron chi connectivity index (χ3n) is 2.12. The van der Waals surface area contributed by atoms with Crippen LogP contribution in [-0.2, 0) is 16.4 Å². The lowest BCUT2D eigenvalue weighted by atomic mass is 10.4. The average Bonchev–Trinajstić information content (AvgIpc) is 2.88. The molecule has 0 saturated heterocycles. The quantitative estimate of drug-likeness (QED) is 0.754. The molecule has 0 amide bonds. The number of nitrogens with one attached hydrogen (secondary N) is 2. The minimum absolute atomic E-state index is 0.144. The molecule has 0 aliphatic heterocycles. The molecule has 8 nitrogen and oxygen atoms in total. The van der Waals surface area contributed by atoms with Gasteiger partial charge in [-0.1, -0.05) is 5.16 Å². The van der Waals surface area contributed by atoms with Crippen molar-refractivity contribution in [1.82, 2.24) is 25.1 Å². The van der Waals surface area contributed by atoms with E-state index < -0.39 is 10.0 Å². The third kappa shape index (κ3) is 2.68. The molecule has 2 aromatic heterocycles. The number of sulfonamides is 1. The standard InChI is InChI=1S/C8H11N5O3S/c1-6-7(4-10-12-6)17(14,15)11-3-2-8-9-5-16-13-8/h4-5,11H,2-3H2,1H3,(H,10,12). The van der Waals surface area contributed by atoms with E-state index in [2.05, 4.69) is 29.6 Å². The number of aromatic nitrogens is 4. The highest BCUT2D eigenvalue weighted by Crippen LogP contribution is 2.10. The van der Waals surface area contributed by atoms with Crippen molar-refractivity contribution < 1.29 is 12.9 Å². The molecule has 0 fully saturated rings. The van der Waals surface area contributed by atoms with E-state index in [0.29, 0.717) is 17.9 Å². The first-order valence-electron chi connectivity index (χ1n) is 4.84. The van der Waals surface area contributed by atoms with E-state index in [9.17, 15) is 8.42 Å². The fourth-order valence-corrected chi connectivity index (χ4v) is 2.45. The van der Waals surface area contributed by atoms with E-state index in [4.69, 9.17) is 0 Å². The van der Waals surface area contributed by atoms with Crippen molar-refractivity contribution in [2.45, 2.75) is 18.2 Å². The highest BCUT2D eigenvalue weighted by atomic mass is 32.2. The van der Waals surface area contributed by atoms with Crippen molar-refractivity contribution in [2.24, 2.45) is 0 Å². The summed E-state index contributed by atoms with van der Waals surface area (Å²) in [7, 11) is -3.53. The van der Waals surface area contributed by atoms with Crippen molar-refractivity contribution in [1.29, 1.82) is 0 Å². The molecular weight excluding hydrogens is 246 g/mol. The summed E-state index contributed by atoms with van der Waals surface area (Å²) in [6.07, 6.45) is 2.84. The van der Waals surface area contributed by atoms with Crippen LogP contribution in [0.5, 0.6) is 0 Å².